The third-order valence-electron chi connectivity index (χ3n) is 6.37. The fraction of sp³-hybridized carbons (Fsp3) is 0.519. The topological polar surface area (TPSA) is 65.0 Å². The lowest BCUT2D eigenvalue weighted by molar-refractivity contribution is -0.118. The number of hydrogen-bond acceptors (Lipinski definition) is 5. The lowest BCUT2D eigenvalue weighted by Gasteiger charge is -2.44. The van der Waals surface area contributed by atoms with Crippen LogP contribution in [0.5, 0.6) is 5.75 Å². The Morgan fingerprint density at radius 2 is 1.91 bits per heavy atom. The van der Waals surface area contributed by atoms with Crippen LogP contribution in [0.4, 0.5) is 10.1 Å². The maximum absolute atomic E-state index is 13.8. The van der Waals surface area contributed by atoms with Gasteiger partial charge in [0.25, 0.3) is 0 Å². The van der Waals surface area contributed by atoms with Gasteiger partial charge in [-0.25, -0.2) is 4.39 Å². The summed E-state index contributed by atoms with van der Waals surface area (Å²) in [5.41, 5.74) is 2.05. The van der Waals surface area contributed by atoms with E-state index in [0.717, 1.165) is 12.1 Å². The molecule has 0 aromatic heterocycles. The zero-order valence-electron chi connectivity index (χ0n) is 21.2. The third kappa shape index (κ3) is 6.73. The summed E-state index contributed by atoms with van der Waals surface area (Å²) in [4.78, 5) is 16.8. The number of nitrogens with one attached hydrogen (secondary N) is 1. The van der Waals surface area contributed by atoms with Crippen LogP contribution in [0.3, 0.4) is 0 Å². The molecule has 0 bridgehead atoms. The van der Waals surface area contributed by atoms with Crippen LogP contribution in [0.1, 0.15) is 44.9 Å². The number of ether oxygens (including phenoxy) is 1. The number of carbonyl (C=O) groups excluding carboxylic acids is 1. The summed E-state index contributed by atoms with van der Waals surface area (Å²) in [6, 6.07) is 10.8. The molecule has 3 rings (SSSR count). The number of halogens is 2. The van der Waals surface area contributed by atoms with Crippen LogP contribution in [0.2, 0.25) is 0 Å². The van der Waals surface area contributed by atoms with Crippen molar-refractivity contribution in [1.29, 1.82) is 0 Å². The summed E-state index contributed by atoms with van der Waals surface area (Å²) < 4.78 is 19.6. The van der Waals surface area contributed by atoms with Crippen LogP contribution in [0, 0.1) is 18.7 Å². The van der Waals surface area contributed by atoms with Gasteiger partial charge in [-0.05, 0) is 68.1 Å². The Balaban J connectivity index is 2.08. The number of hydrogen-bond donors (Lipinski definition) is 2. The summed E-state index contributed by atoms with van der Waals surface area (Å²) >= 11 is 6.08. The molecule has 3 atom stereocenters. The first-order valence-electron chi connectivity index (χ1n) is 12.2. The normalized spacial score (nSPS) is 18.5. The van der Waals surface area contributed by atoms with Gasteiger partial charge in [-0.2, -0.15) is 0 Å². The standard InChI is InChI=1S/C27H37ClFN3O3/c1-17(2)23-16-31(13-12-30-23)27(34)26(20-6-8-21(29)9-7-20)32(25(33)15-28)24-11-10-22(14-19(24)5)35-18(3)4/h6-11,14,17-18,23,26-27,30,34H,12-13,15-16H2,1-5H3/t23-,26-,27?/m1/s1. The molecule has 0 saturated carbocycles. The zero-order valence-corrected chi connectivity index (χ0v) is 21.9. The van der Waals surface area contributed by atoms with E-state index in [1.54, 1.807) is 17.0 Å². The van der Waals surface area contributed by atoms with Crippen molar-refractivity contribution in [2.75, 3.05) is 30.4 Å². The molecule has 1 heterocycles. The Hall–Kier alpha value is -2.19. The maximum Gasteiger partial charge on any atom is 0.242 e. The fourth-order valence-corrected chi connectivity index (χ4v) is 4.68. The molecule has 0 radical (unpaired) electrons. The van der Waals surface area contributed by atoms with Crippen molar-refractivity contribution in [3.05, 3.63) is 59.4 Å². The van der Waals surface area contributed by atoms with Crippen molar-refractivity contribution in [3.63, 3.8) is 0 Å². The molecular formula is C27H37ClFN3O3. The van der Waals surface area contributed by atoms with Gasteiger partial charge in [0.05, 0.1) is 6.10 Å². The zero-order chi connectivity index (χ0) is 25.7. The van der Waals surface area contributed by atoms with E-state index >= 15 is 0 Å². The first kappa shape index (κ1) is 27.4. The van der Waals surface area contributed by atoms with Crippen molar-refractivity contribution in [1.82, 2.24) is 10.2 Å². The molecule has 1 fully saturated rings. The molecule has 1 amide bonds. The Morgan fingerprint density at radius 1 is 1.23 bits per heavy atom. The second-order valence-electron chi connectivity index (χ2n) is 9.72. The molecule has 1 unspecified atom stereocenters. The van der Waals surface area contributed by atoms with Crippen LogP contribution in [0.25, 0.3) is 0 Å². The monoisotopic (exact) mass is 505 g/mol. The van der Waals surface area contributed by atoms with Gasteiger partial charge in [0.2, 0.25) is 5.91 Å². The van der Waals surface area contributed by atoms with Crippen LogP contribution < -0.4 is 15.0 Å². The SMILES string of the molecule is Cc1cc(OC(C)C)ccc1N(C(=O)CCl)[C@H](c1ccc(F)cc1)C(O)N1CCN[C@@H](C(C)C)C1. The van der Waals surface area contributed by atoms with E-state index in [9.17, 15) is 14.3 Å². The van der Waals surface area contributed by atoms with Crippen molar-refractivity contribution in [2.24, 2.45) is 5.92 Å². The van der Waals surface area contributed by atoms with Gasteiger partial charge in [-0.1, -0.05) is 26.0 Å². The van der Waals surface area contributed by atoms with Gasteiger partial charge < -0.3 is 15.2 Å². The number of aliphatic hydroxyl groups is 1. The number of alkyl halides is 1. The molecule has 192 valence electrons. The number of anilines is 1. The lowest BCUT2D eigenvalue weighted by atomic mass is 9.97. The Bertz CT molecular complexity index is 986. The smallest absolute Gasteiger partial charge is 0.242 e. The van der Waals surface area contributed by atoms with Crippen molar-refractivity contribution >= 4 is 23.2 Å². The van der Waals surface area contributed by atoms with Crippen LogP contribution in [0.15, 0.2) is 42.5 Å². The second-order valence-corrected chi connectivity index (χ2v) is 9.99. The maximum atomic E-state index is 13.8. The van der Waals surface area contributed by atoms with Crippen LogP contribution in [-0.2, 0) is 4.79 Å². The minimum atomic E-state index is -1.03. The summed E-state index contributed by atoms with van der Waals surface area (Å²) in [5, 5.41) is 15.2. The summed E-state index contributed by atoms with van der Waals surface area (Å²) in [6.45, 7) is 12.0. The van der Waals surface area contributed by atoms with Gasteiger partial charge in [0.1, 0.15) is 29.7 Å². The number of nitrogens with zero attached hydrogens (tertiary/aromatic N) is 2. The van der Waals surface area contributed by atoms with E-state index in [1.165, 1.54) is 12.1 Å². The number of amides is 1. The minimum Gasteiger partial charge on any atom is -0.491 e. The van der Waals surface area contributed by atoms with E-state index in [2.05, 4.69) is 19.2 Å². The average molecular weight is 506 g/mol. The molecule has 0 aliphatic carbocycles. The number of piperazine rings is 1. The van der Waals surface area contributed by atoms with Gasteiger partial charge >= 0.3 is 0 Å². The van der Waals surface area contributed by atoms with Gasteiger partial charge in [0.15, 0.2) is 0 Å². The minimum absolute atomic E-state index is 0.0104. The van der Waals surface area contributed by atoms with E-state index in [0.29, 0.717) is 36.0 Å². The van der Waals surface area contributed by atoms with Gasteiger partial charge in [-0.15, -0.1) is 11.6 Å². The fourth-order valence-electron chi connectivity index (χ4n) is 4.55. The first-order valence-corrected chi connectivity index (χ1v) is 12.7. The molecule has 35 heavy (non-hydrogen) atoms. The average Bonchev–Trinajstić information content (AvgIpc) is 2.83. The third-order valence-corrected chi connectivity index (χ3v) is 6.60. The van der Waals surface area contributed by atoms with Gasteiger partial charge in [0, 0.05) is 31.4 Å². The van der Waals surface area contributed by atoms with E-state index < -0.39 is 12.3 Å². The van der Waals surface area contributed by atoms with E-state index in [4.69, 9.17) is 16.3 Å². The molecule has 0 spiro atoms. The lowest BCUT2D eigenvalue weighted by Crippen LogP contribution is -2.59. The van der Waals surface area contributed by atoms with Crippen molar-refractivity contribution < 1.29 is 19.0 Å². The predicted molar refractivity (Wildman–Crippen MR) is 138 cm³/mol. The van der Waals surface area contributed by atoms with E-state index in [1.807, 2.05) is 43.9 Å². The molecule has 1 aliphatic heterocycles. The largest absolute Gasteiger partial charge is 0.491 e. The quantitative estimate of drug-likeness (QED) is 0.492. The van der Waals surface area contributed by atoms with E-state index in [-0.39, 0.29) is 29.8 Å². The number of aryl methyl sites for hydroxylation is 1. The van der Waals surface area contributed by atoms with Crippen LogP contribution in [-0.4, -0.2) is 59.8 Å². The molecule has 2 aromatic rings. The summed E-state index contributed by atoms with van der Waals surface area (Å²) in [5.74, 6) is 0.0808. The predicted octanol–water partition coefficient (Wildman–Crippen LogP) is 4.48. The summed E-state index contributed by atoms with van der Waals surface area (Å²) in [6.07, 6.45) is -1.02. The highest BCUT2D eigenvalue weighted by molar-refractivity contribution is 6.29. The number of rotatable bonds is 9. The van der Waals surface area contributed by atoms with Crippen LogP contribution >= 0.6 is 11.6 Å². The highest BCUT2D eigenvalue weighted by Gasteiger charge is 2.38. The summed E-state index contributed by atoms with van der Waals surface area (Å²) in [7, 11) is 0. The number of carbonyl (C=O) groups is 1. The highest BCUT2D eigenvalue weighted by Crippen LogP contribution is 2.36. The Morgan fingerprint density at radius 3 is 2.49 bits per heavy atom. The van der Waals surface area contributed by atoms with Crippen molar-refractivity contribution in [3.8, 4) is 5.75 Å². The number of aliphatic hydroxyl groups excluding tert-OH is 1. The molecule has 1 saturated heterocycles. The highest BCUT2D eigenvalue weighted by atomic mass is 35.5. The Kier molecular flexibility index (Phi) is 9.53. The first-order chi connectivity index (χ1) is 16.6. The molecule has 2 N–H and O–H groups in total. The molecule has 2 aromatic carbocycles. The second kappa shape index (κ2) is 12.2. The molecule has 8 heteroatoms. The molecule has 6 nitrogen and oxygen atoms in total. The molecule has 1 aliphatic rings. The molecular weight excluding hydrogens is 469 g/mol. The Labute approximate surface area is 213 Å². The number of benzene rings is 2. The van der Waals surface area contributed by atoms with Crippen molar-refractivity contribution in [2.45, 2.75) is 59.0 Å². The van der Waals surface area contributed by atoms with Gasteiger partial charge in [-0.3, -0.25) is 14.6 Å².